The molecule has 0 bridgehead atoms. The summed E-state index contributed by atoms with van der Waals surface area (Å²) >= 11 is 5.92. The molecule has 0 unspecified atom stereocenters. The third-order valence-electron chi connectivity index (χ3n) is 2.60. The Bertz CT molecular complexity index is 703. The van der Waals surface area contributed by atoms with Crippen LogP contribution in [-0.2, 0) is 0 Å². The quantitative estimate of drug-likeness (QED) is 0.603. The van der Waals surface area contributed by atoms with Gasteiger partial charge >= 0.3 is 0 Å². The van der Waals surface area contributed by atoms with Crippen molar-refractivity contribution in [1.29, 1.82) is 0 Å². The monoisotopic (exact) mass is 230 g/mol. The van der Waals surface area contributed by atoms with E-state index in [0.29, 0.717) is 10.7 Å². The molecule has 0 aliphatic heterocycles. The Morgan fingerprint density at radius 2 is 2.19 bits per heavy atom. The Kier molecular flexibility index (Phi) is 1.94. The van der Waals surface area contributed by atoms with Gasteiger partial charge in [-0.1, -0.05) is 11.6 Å². The number of aldehydes is 1. The zero-order valence-electron chi connectivity index (χ0n) is 8.22. The van der Waals surface area contributed by atoms with Crippen LogP contribution >= 0.6 is 11.6 Å². The summed E-state index contributed by atoms with van der Waals surface area (Å²) in [7, 11) is 0. The molecule has 0 N–H and O–H groups in total. The molecule has 0 atom stereocenters. The Hall–Kier alpha value is -1.87. The van der Waals surface area contributed by atoms with Crippen LogP contribution in [0.1, 0.15) is 10.5 Å². The summed E-state index contributed by atoms with van der Waals surface area (Å²) < 4.78 is 1.77. The van der Waals surface area contributed by atoms with E-state index in [-0.39, 0.29) is 0 Å². The Labute approximate surface area is 96.3 Å². The standard InChI is InChI=1S/C12H7ClN2O/c13-9-1-2-11-8(5-9)3-4-15-10(7-16)6-14-12(11)15/h1-7H. The van der Waals surface area contributed by atoms with Gasteiger partial charge in [0.1, 0.15) is 11.3 Å². The van der Waals surface area contributed by atoms with Crippen molar-refractivity contribution in [2.45, 2.75) is 0 Å². The fraction of sp³-hybridized carbons (Fsp3) is 0. The molecule has 0 saturated carbocycles. The maximum atomic E-state index is 10.8. The van der Waals surface area contributed by atoms with Crippen LogP contribution in [0.4, 0.5) is 0 Å². The predicted molar refractivity (Wildman–Crippen MR) is 63.1 cm³/mol. The molecule has 0 saturated heterocycles. The zero-order chi connectivity index (χ0) is 11.1. The maximum absolute atomic E-state index is 10.8. The fourth-order valence-electron chi connectivity index (χ4n) is 1.85. The first-order valence-corrected chi connectivity index (χ1v) is 5.18. The largest absolute Gasteiger partial charge is 0.297 e. The lowest BCUT2D eigenvalue weighted by atomic mass is 10.2. The first-order chi connectivity index (χ1) is 7.79. The molecule has 3 aromatic rings. The Morgan fingerprint density at radius 1 is 1.31 bits per heavy atom. The zero-order valence-corrected chi connectivity index (χ0v) is 8.98. The number of pyridine rings is 1. The van der Waals surface area contributed by atoms with E-state index >= 15 is 0 Å². The third kappa shape index (κ3) is 1.22. The number of carbonyl (C=O) groups is 1. The minimum absolute atomic E-state index is 0.548. The number of hydrogen-bond acceptors (Lipinski definition) is 2. The molecule has 0 spiro atoms. The minimum Gasteiger partial charge on any atom is -0.297 e. The molecule has 2 aromatic heterocycles. The van der Waals surface area contributed by atoms with Crippen molar-refractivity contribution in [1.82, 2.24) is 9.38 Å². The second-order valence-electron chi connectivity index (χ2n) is 3.54. The highest BCUT2D eigenvalue weighted by molar-refractivity contribution is 6.31. The van der Waals surface area contributed by atoms with Crippen LogP contribution in [0.2, 0.25) is 5.02 Å². The van der Waals surface area contributed by atoms with Crippen molar-refractivity contribution >= 4 is 34.3 Å². The van der Waals surface area contributed by atoms with E-state index in [9.17, 15) is 4.79 Å². The highest BCUT2D eigenvalue weighted by Crippen LogP contribution is 2.23. The van der Waals surface area contributed by atoms with Gasteiger partial charge in [0.25, 0.3) is 0 Å². The molecule has 3 nitrogen and oxygen atoms in total. The van der Waals surface area contributed by atoms with Crippen molar-refractivity contribution in [3.63, 3.8) is 0 Å². The number of benzene rings is 1. The summed E-state index contributed by atoms with van der Waals surface area (Å²) in [5.41, 5.74) is 1.32. The van der Waals surface area contributed by atoms with Gasteiger partial charge in [0.15, 0.2) is 6.29 Å². The molecule has 3 rings (SSSR count). The molecule has 1 aromatic carbocycles. The molecule has 0 amide bonds. The molecule has 2 heterocycles. The maximum Gasteiger partial charge on any atom is 0.168 e. The second kappa shape index (κ2) is 3.32. The number of rotatable bonds is 1. The molecule has 4 heteroatoms. The van der Waals surface area contributed by atoms with Gasteiger partial charge in [-0.2, -0.15) is 0 Å². The first-order valence-electron chi connectivity index (χ1n) is 4.80. The average molecular weight is 231 g/mol. The van der Waals surface area contributed by atoms with Gasteiger partial charge in [-0.05, 0) is 29.7 Å². The van der Waals surface area contributed by atoms with Crippen LogP contribution < -0.4 is 0 Å². The fourth-order valence-corrected chi connectivity index (χ4v) is 2.03. The third-order valence-corrected chi connectivity index (χ3v) is 2.84. The van der Waals surface area contributed by atoms with Gasteiger partial charge in [-0.3, -0.25) is 9.20 Å². The second-order valence-corrected chi connectivity index (χ2v) is 3.98. The van der Waals surface area contributed by atoms with Crippen molar-refractivity contribution in [2.75, 3.05) is 0 Å². The van der Waals surface area contributed by atoms with Crippen molar-refractivity contribution < 1.29 is 4.79 Å². The van der Waals surface area contributed by atoms with Gasteiger partial charge < -0.3 is 0 Å². The van der Waals surface area contributed by atoms with Gasteiger partial charge in [0.2, 0.25) is 0 Å². The summed E-state index contributed by atoms with van der Waals surface area (Å²) in [6.45, 7) is 0. The highest BCUT2D eigenvalue weighted by Gasteiger charge is 2.05. The van der Waals surface area contributed by atoms with Crippen LogP contribution in [0.3, 0.4) is 0 Å². The van der Waals surface area contributed by atoms with Gasteiger partial charge in [-0.15, -0.1) is 0 Å². The number of imidazole rings is 1. The summed E-state index contributed by atoms with van der Waals surface area (Å²) in [5, 5.41) is 2.70. The van der Waals surface area contributed by atoms with E-state index in [1.54, 1.807) is 10.6 Å². The normalized spacial score (nSPS) is 11.1. The van der Waals surface area contributed by atoms with Gasteiger partial charge in [0.05, 0.1) is 6.20 Å². The number of nitrogens with zero attached hydrogens (tertiary/aromatic N) is 2. The van der Waals surface area contributed by atoms with E-state index in [1.165, 1.54) is 0 Å². The van der Waals surface area contributed by atoms with E-state index in [1.807, 2.05) is 30.5 Å². The molecule has 0 fully saturated rings. The van der Waals surface area contributed by atoms with Crippen molar-refractivity contribution in [3.8, 4) is 0 Å². The summed E-state index contributed by atoms with van der Waals surface area (Å²) in [5.74, 6) is 0. The molecule has 16 heavy (non-hydrogen) atoms. The predicted octanol–water partition coefficient (Wildman–Crippen LogP) is 2.95. The summed E-state index contributed by atoms with van der Waals surface area (Å²) in [6.07, 6.45) is 4.18. The number of hydrogen-bond donors (Lipinski definition) is 0. The van der Waals surface area contributed by atoms with Crippen molar-refractivity contribution in [3.05, 3.63) is 47.4 Å². The van der Waals surface area contributed by atoms with Crippen LogP contribution in [-0.4, -0.2) is 15.7 Å². The van der Waals surface area contributed by atoms with Crippen molar-refractivity contribution in [2.24, 2.45) is 0 Å². The highest BCUT2D eigenvalue weighted by atomic mass is 35.5. The summed E-state index contributed by atoms with van der Waals surface area (Å²) in [4.78, 5) is 15.0. The van der Waals surface area contributed by atoms with E-state index in [2.05, 4.69) is 4.98 Å². The van der Waals surface area contributed by atoms with Crippen LogP contribution in [0.25, 0.3) is 16.4 Å². The number of halogens is 1. The van der Waals surface area contributed by atoms with E-state index < -0.39 is 0 Å². The number of carbonyl (C=O) groups excluding carboxylic acids is 1. The number of fused-ring (bicyclic) bond motifs is 3. The molecular formula is C12H7ClN2O. The van der Waals surface area contributed by atoms with E-state index in [0.717, 1.165) is 22.7 Å². The average Bonchev–Trinajstić information content (AvgIpc) is 2.71. The SMILES string of the molecule is O=Cc1cnc2c3ccc(Cl)cc3ccn12. The lowest BCUT2D eigenvalue weighted by Crippen LogP contribution is -1.90. The first kappa shape index (κ1) is 9.36. The molecule has 0 radical (unpaired) electrons. The lowest BCUT2D eigenvalue weighted by Gasteiger charge is -2.01. The molecule has 0 aliphatic carbocycles. The smallest absolute Gasteiger partial charge is 0.168 e. The van der Waals surface area contributed by atoms with E-state index in [4.69, 9.17) is 11.6 Å². The van der Waals surface area contributed by atoms with Crippen LogP contribution in [0.5, 0.6) is 0 Å². The Morgan fingerprint density at radius 3 is 3.00 bits per heavy atom. The molecular weight excluding hydrogens is 224 g/mol. The molecule has 0 aliphatic rings. The number of aromatic nitrogens is 2. The van der Waals surface area contributed by atoms with Gasteiger partial charge in [-0.25, -0.2) is 4.98 Å². The van der Waals surface area contributed by atoms with Crippen LogP contribution in [0.15, 0.2) is 36.7 Å². The molecule has 78 valence electrons. The van der Waals surface area contributed by atoms with Gasteiger partial charge in [0, 0.05) is 16.6 Å². The lowest BCUT2D eigenvalue weighted by molar-refractivity contribution is 0.111. The summed E-state index contributed by atoms with van der Waals surface area (Å²) in [6, 6.07) is 7.53. The Balaban J connectivity index is 2.50. The topological polar surface area (TPSA) is 34.4 Å². The van der Waals surface area contributed by atoms with Crippen LogP contribution in [0, 0.1) is 0 Å². The minimum atomic E-state index is 0.548.